The smallest absolute Gasteiger partial charge is 0.213 e. The van der Waals surface area contributed by atoms with Crippen LogP contribution in [-0.2, 0) is 6.42 Å². The Morgan fingerprint density at radius 1 is 1.40 bits per heavy atom. The minimum Gasteiger partial charge on any atom is -0.367 e. The molecule has 0 unspecified atom stereocenters. The number of hydrogen-bond acceptors (Lipinski definition) is 5. The number of pyridine rings is 1. The first-order chi connectivity index (χ1) is 7.36. The molecular weight excluding hydrogens is 199 g/mol. The zero-order chi connectivity index (χ0) is 10.5. The monoisotopic (exact) mass is 208 g/mol. The summed E-state index contributed by atoms with van der Waals surface area (Å²) < 4.78 is 17.6. The largest absolute Gasteiger partial charge is 0.367 e. The van der Waals surface area contributed by atoms with Crippen molar-refractivity contribution in [3.63, 3.8) is 0 Å². The van der Waals surface area contributed by atoms with Crippen LogP contribution in [0.3, 0.4) is 0 Å². The summed E-state index contributed by atoms with van der Waals surface area (Å²) in [5, 5.41) is 6.47. The van der Waals surface area contributed by atoms with Crippen LogP contribution in [-0.4, -0.2) is 21.7 Å². The van der Waals surface area contributed by atoms with Crippen molar-refractivity contribution in [2.75, 3.05) is 11.9 Å². The molecule has 0 aliphatic heterocycles. The van der Waals surface area contributed by atoms with Gasteiger partial charge in [0.2, 0.25) is 6.39 Å². The minimum absolute atomic E-state index is 0.237. The molecule has 6 heteroatoms. The minimum atomic E-state index is -0.370. The van der Waals surface area contributed by atoms with Crippen molar-refractivity contribution in [3.8, 4) is 0 Å². The van der Waals surface area contributed by atoms with Crippen molar-refractivity contribution in [1.29, 1.82) is 0 Å². The third-order valence-electron chi connectivity index (χ3n) is 1.81. The average molecular weight is 208 g/mol. The number of anilines is 1. The highest BCUT2D eigenvalue weighted by atomic mass is 19.1. The Bertz CT molecular complexity index is 418. The summed E-state index contributed by atoms with van der Waals surface area (Å²) in [5.41, 5.74) is 0. The van der Waals surface area contributed by atoms with Gasteiger partial charge < -0.3 is 9.84 Å². The predicted octanol–water partition coefficient (Wildman–Crippen LogP) is 1.26. The second kappa shape index (κ2) is 4.50. The molecule has 2 rings (SSSR count). The maximum atomic E-state index is 13.1. The Morgan fingerprint density at radius 2 is 2.33 bits per heavy atom. The van der Waals surface area contributed by atoms with Gasteiger partial charge in [-0.15, -0.1) is 0 Å². The van der Waals surface area contributed by atoms with E-state index in [0.29, 0.717) is 18.8 Å². The van der Waals surface area contributed by atoms with E-state index in [-0.39, 0.29) is 11.6 Å². The van der Waals surface area contributed by atoms with Gasteiger partial charge in [-0.3, -0.25) is 0 Å². The standard InChI is InChI=1S/C9H9FN4O/c10-7-2-1-4-11-9(7)12-5-3-8-13-6-15-14-8/h1-2,4,6H,3,5H2,(H,11,12). The molecule has 0 aliphatic carbocycles. The molecule has 0 bridgehead atoms. The third-order valence-corrected chi connectivity index (χ3v) is 1.81. The number of rotatable bonds is 4. The molecule has 0 aromatic carbocycles. The maximum absolute atomic E-state index is 13.1. The molecule has 0 radical (unpaired) electrons. The lowest BCUT2D eigenvalue weighted by Gasteiger charge is -2.03. The van der Waals surface area contributed by atoms with Gasteiger partial charge in [0.25, 0.3) is 0 Å². The molecule has 2 heterocycles. The Balaban J connectivity index is 1.86. The first-order valence-corrected chi connectivity index (χ1v) is 4.46. The predicted molar refractivity (Wildman–Crippen MR) is 50.7 cm³/mol. The topological polar surface area (TPSA) is 63.8 Å². The van der Waals surface area contributed by atoms with Crippen LogP contribution >= 0.6 is 0 Å². The molecule has 0 amide bonds. The van der Waals surface area contributed by atoms with Crippen molar-refractivity contribution in [2.24, 2.45) is 0 Å². The molecule has 2 aromatic heterocycles. The van der Waals surface area contributed by atoms with E-state index < -0.39 is 0 Å². The first-order valence-electron chi connectivity index (χ1n) is 4.46. The van der Waals surface area contributed by atoms with Crippen LogP contribution in [0.1, 0.15) is 5.82 Å². The van der Waals surface area contributed by atoms with Gasteiger partial charge in [0.1, 0.15) is 0 Å². The molecule has 1 N–H and O–H groups in total. The summed E-state index contributed by atoms with van der Waals surface area (Å²) in [4.78, 5) is 7.68. The fourth-order valence-electron chi connectivity index (χ4n) is 1.11. The fourth-order valence-corrected chi connectivity index (χ4v) is 1.11. The number of halogens is 1. The number of nitrogens with one attached hydrogen (secondary N) is 1. The maximum Gasteiger partial charge on any atom is 0.213 e. The molecule has 5 nitrogen and oxygen atoms in total. The van der Waals surface area contributed by atoms with E-state index in [1.54, 1.807) is 6.07 Å². The van der Waals surface area contributed by atoms with Gasteiger partial charge in [0.05, 0.1) is 0 Å². The van der Waals surface area contributed by atoms with Gasteiger partial charge in [-0.2, -0.15) is 4.98 Å². The fraction of sp³-hybridized carbons (Fsp3) is 0.222. The second-order valence-corrected chi connectivity index (χ2v) is 2.86. The highest BCUT2D eigenvalue weighted by Crippen LogP contribution is 2.07. The molecule has 0 aliphatic rings. The molecule has 0 saturated heterocycles. The summed E-state index contributed by atoms with van der Waals surface area (Å²) in [6.45, 7) is 0.507. The van der Waals surface area contributed by atoms with Gasteiger partial charge >= 0.3 is 0 Å². The third kappa shape index (κ3) is 2.49. The van der Waals surface area contributed by atoms with Crippen LogP contribution in [0.2, 0.25) is 0 Å². The number of hydrogen-bond donors (Lipinski definition) is 1. The van der Waals surface area contributed by atoms with E-state index in [1.165, 1.54) is 18.7 Å². The van der Waals surface area contributed by atoms with Gasteiger partial charge in [-0.05, 0) is 12.1 Å². The molecule has 0 spiro atoms. The molecule has 0 fully saturated rings. The Morgan fingerprint density at radius 3 is 3.07 bits per heavy atom. The van der Waals surface area contributed by atoms with E-state index in [2.05, 4.69) is 25.0 Å². The lowest BCUT2D eigenvalue weighted by molar-refractivity contribution is 0.410. The highest BCUT2D eigenvalue weighted by Gasteiger charge is 2.02. The quantitative estimate of drug-likeness (QED) is 0.819. The van der Waals surface area contributed by atoms with Gasteiger partial charge in [-0.25, -0.2) is 9.37 Å². The van der Waals surface area contributed by atoms with E-state index >= 15 is 0 Å². The Hall–Kier alpha value is -1.98. The first kappa shape index (κ1) is 9.57. The molecule has 2 aromatic rings. The lowest BCUT2D eigenvalue weighted by Crippen LogP contribution is -2.08. The molecule has 0 saturated carbocycles. The van der Waals surface area contributed by atoms with Crippen LogP contribution in [0.4, 0.5) is 10.2 Å². The van der Waals surface area contributed by atoms with Crippen molar-refractivity contribution >= 4 is 5.82 Å². The Labute approximate surface area is 85.3 Å². The molecule has 78 valence electrons. The van der Waals surface area contributed by atoms with Crippen molar-refractivity contribution < 1.29 is 8.91 Å². The number of aromatic nitrogens is 3. The SMILES string of the molecule is Fc1cccnc1NCCc1ncon1. The Kier molecular flexibility index (Phi) is 2.87. The summed E-state index contributed by atoms with van der Waals surface area (Å²) in [7, 11) is 0. The van der Waals surface area contributed by atoms with Crippen LogP contribution < -0.4 is 5.32 Å². The zero-order valence-corrected chi connectivity index (χ0v) is 7.85. The lowest BCUT2D eigenvalue weighted by atomic mass is 10.4. The zero-order valence-electron chi connectivity index (χ0n) is 7.85. The summed E-state index contributed by atoms with van der Waals surface area (Å²) in [5.74, 6) is 0.449. The summed E-state index contributed by atoms with van der Waals surface area (Å²) in [6, 6.07) is 2.89. The molecular formula is C9H9FN4O. The average Bonchev–Trinajstić information content (AvgIpc) is 2.74. The van der Waals surface area contributed by atoms with Crippen LogP contribution in [0.15, 0.2) is 29.2 Å². The van der Waals surface area contributed by atoms with E-state index in [4.69, 9.17) is 0 Å². The van der Waals surface area contributed by atoms with Gasteiger partial charge in [0, 0.05) is 19.2 Å². The van der Waals surface area contributed by atoms with Crippen LogP contribution in [0, 0.1) is 5.82 Å². The van der Waals surface area contributed by atoms with Crippen LogP contribution in [0.25, 0.3) is 0 Å². The highest BCUT2D eigenvalue weighted by molar-refractivity contribution is 5.35. The van der Waals surface area contributed by atoms with Crippen molar-refractivity contribution in [1.82, 2.24) is 15.1 Å². The molecule has 15 heavy (non-hydrogen) atoms. The normalized spacial score (nSPS) is 10.2. The van der Waals surface area contributed by atoms with E-state index in [1.807, 2.05) is 0 Å². The second-order valence-electron chi connectivity index (χ2n) is 2.86. The summed E-state index contributed by atoms with van der Waals surface area (Å²) >= 11 is 0. The number of nitrogens with zero attached hydrogens (tertiary/aromatic N) is 3. The molecule has 0 atom stereocenters. The van der Waals surface area contributed by atoms with E-state index in [9.17, 15) is 4.39 Å². The van der Waals surface area contributed by atoms with Crippen LogP contribution in [0.5, 0.6) is 0 Å². The summed E-state index contributed by atoms with van der Waals surface area (Å²) in [6.07, 6.45) is 3.35. The van der Waals surface area contributed by atoms with E-state index in [0.717, 1.165) is 0 Å². The van der Waals surface area contributed by atoms with Crippen molar-refractivity contribution in [2.45, 2.75) is 6.42 Å². The van der Waals surface area contributed by atoms with Gasteiger partial charge in [-0.1, -0.05) is 5.16 Å². The van der Waals surface area contributed by atoms with Gasteiger partial charge in [0.15, 0.2) is 17.5 Å². The van der Waals surface area contributed by atoms with Crippen molar-refractivity contribution in [3.05, 3.63) is 36.4 Å².